The Bertz CT molecular complexity index is 786. The molecule has 3 heterocycles. The van der Waals surface area contributed by atoms with Crippen molar-refractivity contribution in [1.29, 1.82) is 0 Å². The molecule has 7 nitrogen and oxygen atoms in total. The number of carbonyl (C=O) groups is 1. The highest BCUT2D eigenvalue weighted by molar-refractivity contribution is 7.97. The lowest BCUT2D eigenvalue weighted by Gasteiger charge is -2.24. The number of amides is 1. The van der Waals surface area contributed by atoms with Crippen molar-refractivity contribution in [3.63, 3.8) is 0 Å². The first-order chi connectivity index (χ1) is 12.0. The van der Waals surface area contributed by atoms with Gasteiger partial charge in [0.05, 0.1) is 29.9 Å². The summed E-state index contributed by atoms with van der Waals surface area (Å²) in [6.45, 7) is 5.00. The first-order valence-corrected chi connectivity index (χ1v) is 8.59. The van der Waals surface area contributed by atoms with E-state index in [9.17, 15) is 18.0 Å². The largest absolute Gasteiger partial charge is 0.444 e. The van der Waals surface area contributed by atoms with E-state index in [0.29, 0.717) is 18.0 Å². The zero-order valence-corrected chi connectivity index (χ0v) is 15.3. The fraction of sp³-hybridized carbons (Fsp3) is 0.533. The summed E-state index contributed by atoms with van der Waals surface area (Å²) in [4.78, 5) is 14.2. The lowest BCUT2D eigenvalue weighted by atomic mass is 10.2. The van der Waals surface area contributed by atoms with E-state index in [2.05, 4.69) is 10.2 Å². The van der Waals surface area contributed by atoms with Crippen LogP contribution in [-0.4, -0.2) is 41.7 Å². The number of alkyl halides is 3. The van der Waals surface area contributed by atoms with Gasteiger partial charge in [-0.3, -0.25) is 9.58 Å². The van der Waals surface area contributed by atoms with Gasteiger partial charge in [-0.15, -0.1) is 0 Å². The normalized spacial score (nSPS) is 14.6. The number of hydrogen-bond acceptors (Lipinski definition) is 5. The third kappa shape index (κ3) is 4.71. The number of hydrogen-bond donors (Lipinski definition) is 0. The molecule has 11 heteroatoms. The standard InChI is InChI=1S/C15H18F3N5O2S/c1-14(2,3)25-13(24)21-5-10-6-23(20-12(10)8-21)26-11-4-19-22(7-11)9-15(16,17)18/h4,6-7H,5,8-9H2,1-3H3. The number of halogens is 3. The van der Waals surface area contributed by atoms with Gasteiger partial charge in [-0.25, -0.2) is 8.88 Å². The Balaban J connectivity index is 1.60. The number of aromatic nitrogens is 4. The van der Waals surface area contributed by atoms with Crippen LogP contribution in [0, 0.1) is 0 Å². The maximum atomic E-state index is 12.4. The number of fused-ring (bicyclic) bond motifs is 1. The molecule has 2 aromatic rings. The first kappa shape index (κ1) is 18.6. The molecule has 26 heavy (non-hydrogen) atoms. The predicted octanol–water partition coefficient (Wildman–Crippen LogP) is 3.45. The minimum atomic E-state index is -4.31. The van der Waals surface area contributed by atoms with Crippen molar-refractivity contribution in [2.75, 3.05) is 0 Å². The second kappa shape index (κ2) is 6.53. The van der Waals surface area contributed by atoms with Crippen LogP contribution in [0.2, 0.25) is 0 Å². The highest BCUT2D eigenvalue weighted by Gasteiger charge is 2.30. The fourth-order valence-electron chi connectivity index (χ4n) is 2.40. The van der Waals surface area contributed by atoms with E-state index in [0.717, 1.165) is 27.9 Å². The number of ether oxygens (including phenoxy) is 1. The zero-order chi connectivity index (χ0) is 19.1. The Morgan fingerprint density at radius 1 is 1.27 bits per heavy atom. The summed E-state index contributed by atoms with van der Waals surface area (Å²) in [7, 11) is 0. The SMILES string of the molecule is CC(C)(C)OC(=O)N1Cc2cn(Sc3cnn(CC(F)(F)F)c3)nc2C1. The molecule has 1 aliphatic heterocycles. The molecule has 0 aromatic carbocycles. The predicted molar refractivity (Wildman–Crippen MR) is 87.2 cm³/mol. The molecular formula is C15H18F3N5O2S. The van der Waals surface area contributed by atoms with Crippen molar-refractivity contribution in [3.8, 4) is 0 Å². The average Bonchev–Trinajstić information content (AvgIpc) is 3.10. The number of rotatable bonds is 3. The molecule has 0 spiro atoms. The van der Waals surface area contributed by atoms with Crippen LogP contribution in [0.3, 0.4) is 0 Å². The van der Waals surface area contributed by atoms with Gasteiger partial charge in [0.25, 0.3) is 0 Å². The van der Waals surface area contributed by atoms with E-state index in [1.54, 1.807) is 36.0 Å². The van der Waals surface area contributed by atoms with Gasteiger partial charge in [0.1, 0.15) is 12.1 Å². The van der Waals surface area contributed by atoms with Crippen molar-refractivity contribution < 1.29 is 22.7 Å². The Kier molecular flexibility index (Phi) is 4.67. The summed E-state index contributed by atoms with van der Waals surface area (Å²) >= 11 is 1.16. The van der Waals surface area contributed by atoms with E-state index < -0.39 is 24.4 Å². The van der Waals surface area contributed by atoms with Crippen LogP contribution in [0.15, 0.2) is 23.5 Å². The van der Waals surface area contributed by atoms with Crippen LogP contribution in [0.25, 0.3) is 0 Å². The van der Waals surface area contributed by atoms with Crippen molar-refractivity contribution in [3.05, 3.63) is 29.8 Å². The molecule has 1 aliphatic rings. The molecule has 142 valence electrons. The van der Waals surface area contributed by atoms with E-state index in [1.165, 1.54) is 12.4 Å². The molecule has 2 aromatic heterocycles. The fourth-order valence-corrected chi connectivity index (χ4v) is 3.20. The number of nitrogens with zero attached hydrogens (tertiary/aromatic N) is 5. The minimum Gasteiger partial charge on any atom is -0.444 e. The van der Waals surface area contributed by atoms with Gasteiger partial charge in [-0.1, -0.05) is 0 Å². The van der Waals surface area contributed by atoms with Crippen molar-refractivity contribution in [2.45, 2.75) is 57.1 Å². The van der Waals surface area contributed by atoms with Gasteiger partial charge in [-0.05, 0) is 20.8 Å². The molecule has 0 saturated heterocycles. The lowest BCUT2D eigenvalue weighted by Crippen LogP contribution is -2.33. The van der Waals surface area contributed by atoms with Gasteiger partial charge in [0.2, 0.25) is 0 Å². The molecular weight excluding hydrogens is 371 g/mol. The highest BCUT2D eigenvalue weighted by Crippen LogP contribution is 2.27. The Morgan fingerprint density at radius 2 is 2.00 bits per heavy atom. The van der Waals surface area contributed by atoms with Crippen LogP contribution < -0.4 is 0 Å². The lowest BCUT2D eigenvalue weighted by molar-refractivity contribution is -0.142. The van der Waals surface area contributed by atoms with E-state index in [1.807, 2.05) is 0 Å². The molecule has 0 radical (unpaired) electrons. The molecule has 0 bridgehead atoms. The quantitative estimate of drug-likeness (QED) is 0.805. The Hall–Kier alpha value is -2.17. The second-order valence-electron chi connectivity index (χ2n) is 6.92. The van der Waals surface area contributed by atoms with Crippen LogP contribution in [0.4, 0.5) is 18.0 Å². The topological polar surface area (TPSA) is 65.2 Å². The van der Waals surface area contributed by atoms with Gasteiger partial charge in [0, 0.05) is 29.9 Å². The molecule has 3 rings (SSSR count). The summed E-state index contributed by atoms with van der Waals surface area (Å²) in [6.07, 6.45) is -0.283. The van der Waals surface area contributed by atoms with E-state index in [4.69, 9.17) is 4.74 Å². The second-order valence-corrected chi connectivity index (χ2v) is 7.95. The molecule has 1 amide bonds. The Labute approximate surface area is 152 Å². The molecule has 0 N–H and O–H groups in total. The van der Waals surface area contributed by atoms with Crippen LogP contribution in [0.1, 0.15) is 32.0 Å². The van der Waals surface area contributed by atoms with Crippen molar-refractivity contribution in [2.24, 2.45) is 0 Å². The van der Waals surface area contributed by atoms with Crippen LogP contribution in [-0.2, 0) is 24.4 Å². The molecule has 0 saturated carbocycles. The third-order valence-corrected chi connectivity index (χ3v) is 4.16. The van der Waals surface area contributed by atoms with Gasteiger partial charge in [-0.2, -0.15) is 23.4 Å². The average molecular weight is 389 g/mol. The maximum absolute atomic E-state index is 12.4. The minimum absolute atomic E-state index is 0.338. The van der Waals surface area contributed by atoms with Gasteiger partial charge < -0.3 is 4.74 Å². The Morgan fingerprint density at radius 3 is 2.62 bits per heavy atom. The smallest absolute Gasteiger partial charge is 0.410 e. The summed E-state index contributed by atoms with van der Waals surface area (Å²) in [6, 6.07) is 0. The van der Waals surface area contributed by atoms with Crippen molar-refractivity contribution >= 4 is 18.0 Å². The first-order valence-electron chi connectivity index (χ1n) is 7.81. The van der Waals surface area contributed by atoms with Crippen LogP contribution >= 0.6 is 11.9 Å². The molecule has 0 atom stereocenters. The molecule has 0 aliphatic carbocycles. The highest BCUT2D eigenvalue weighted by atomic mass is 32.2. The van der Waals surface area contributed by atoms with Crippen LogP contribution in [0.5, 0.6) is 0 Å². The maximum Gasteiger partial charge on any atom is 0.410 e. The molecule has 0 unspecified atom stereocenters. The zero-order valence-electron chi connectivity index (χ0n) is 14.4. The monoisotopic (exact) mass is 389 g/mol. The number of carbonyl (C=O) groups excluding carboxylic acids is 1. The third-order valence-electron chi connectivity index (χ3n) is 3.36. The summed E-state index contributed by atoms with van der Waals surface area (Å²) in [5.41, 5.74) is 1.06. The van der Waals surface area contributed by atoms with Crippen molar-refractivity contribution in [1.82, 2.24) is 23.9 Å². The molecule has 0 fully saturated rings. The summed E-state index contributed by atoms with van der Waals surface area (Å²) in [5.74, 6) is 0. The van der Waals surface area contributed by atoms with Gasteiger partial charge >= 0.3 is 12.3 Å². The van der Waals surface area contributed by atoms with E-state index >= 15 is 0 Å². The van der Waals surface area contributed by atoms with Gasteiger partial charge in [0.15, 0.2) is 0 Å². The summed E-state index contributed by atoms with van der Waals surface area (Å²) < 4.78 is 44.8. The van der Waals surface area contributed by atoms with E-state index in [-0.39, 0.29) is 0 Å². The summed E-state index contributed by atoms with van der Waals surface area (Å²) in [5, 5.41) is 8.07.